The van der Waals surface area contributed by atoms with Crippen molar-refractivity contribution in [2.45, 2.75) is 48.5 Å². The molecule has 0 spiro atoms. The van der Waals surface area contributed by atoms with Crippen LogP contribution in [0.5, 0.6) is 0 Å². The van der Waals surface area contributed by atoms with Gasteiger partial charge >= 0.3 is 11.9 Å². The fourth-order valence-corrected chi connectivity index (χ4v) is 2.35. The molecule has 0 fully saturated rings. The Kier molecular flexibility index (Phi) is 6.53. The van der Waals surface area contributed by atoms with E-state index in [-0.39, 0.29) is 17.8 Å². The molecule has 0 bridgehead atoms. The van der Waals surface area contributed by atoms with Crippen molar-refractivity contribution in [1.29, 1.82) is 0 Å². The third kappa shape index (κ3) is 4.22. The van der Waals surface area contributed by atoms with E-state index in [0.717, 1.165) is 0 Å². The Balaban J connectivity index is 5.33. The number of carboxylic acid groups (broad SMARTS) is 1. The quantitative estimate of drug-likeness (QED) is 0.723. The largest absolute Gasteiger partial charge is 0.481 e. The zero-order valence-corrected chi connectivity index (χ0v) is 13.2. The first-order valence-electron chi connectivity index (χ1n) is 6.95. The van der Waals surface area contributed by atoms with Crippen LogP contribution in [0.1, 0.15) is 48.5 Å². The maximum Gasteiger partial charge on any atom is 0.312 e. The lowest BCUT2D eigenvalue weighted by Crippen LogP contribution is -2.47. The molecule has 4 nitrogen and oxygen atoms in total. The van der Waals surface area contributed by atoms with Gasteiger partial charge in [0.1, 0.15) is 0 Å². The van der Waals surface area contributed by atoms with Gasteiger partial charge in [0.05, 0.1) is 17.9 Å². The van der Waals surface area contributed by atoms with Crippen LogP contribution >= 0.6 is 0 Å². The number of hydrogen-bond donors (Lipinski definition) is 1. The summed E-state index contributed by atoms with van der Waals surface area (Å²) in [6.07, 6.45) is 0. The predicted octanol–water partition coefficient (Wildman–Crippen LogP) is 3.20. The lowest BCUT2D eigenvalue weighted by atomic mass is 9.65. The lowest BCUT2D eigenvalue weighted by molar-refractivity contribution is -0.173. The van der Waals surface area contributed by atoms with Crippen LogP contribution in [0.15, 0.2) is 0 Å². The van der Waals surface area contributed by atoms with E-state index in [2.05, 4.69) is 0 Å². The summed E-state index contributed by atoms with van der Waals surface area (Å²) in [6.45, 7) is 13.3. The van der Waals surface area contributed by atoms with Gasteiger partial charge in [0.15, 0.2) is 0 Å². The molecule has 0 radical (unpaired) electrons. The molecule has 0 amide bonds. The average molecular weight is 272 g/mol. The van der Waals surface area contributed by atoms with Gasteiger partial charge < -0.3 is 9.84 Å². The molecule has 4 heteroatoms. The van der Waals surface area contributed by atoms with Crippen LogP contribution in [0, 0.1) is 29.1 Å². The maximum atomic E-state index is 12.4. The first-order valence-corrected chi connectivity index (χ1v) is 6.95. The van der Waals surface area contributed by atoms with Crippen LogP contribution in [0.3, 0.4) is 0 Å². The molecular weight excluding hydrogens is 244 g/mol. The van der Waals surface area contributed by atoms with Gasteiger partial charge in [-0.15, -0.1) is 0 Å². The minimum absolute atomic E-state index is 0.101. The SMILES string of the molecule is CC(C)COC(=O)C(C)(C(C)C)C(C(=O)O)C(C)C. The Labute approximate surface area is 116 Å². The number of esters is 1. The highest BCUT2D eigenvalue weighted by Crippen LogP contribution is 2.41. The summed E-state index contributed by atoms with van der Waals surface area (Å²) in [7, 11) is 0. The van der Waals surface area contributed by atoms with E-state index in [4.69, 9.17) is 4.74 Å². The highest BCUT2D eigenvalue weighted by atomic mass is 16.5. The van der Waals surface area contributed by atoms with Crippen LogP contribution in [0.4, 0.5) is 0 Å². The van der Waals surface area contributed by atoms with Crippen molar-refractivity contribution >= 4 is 11.9 Å². The molecule has 0 aromatic heterocycles. The molecule has 1 N–H and O–H groups in total. The number of hydrogen-bond acceptors (Lipinski definition) is 3. The van der Waals surface area contributed by atoms with Crippen LogP contribution in [-0.4, -0.2) is 23.7 Å². The van der Waals surface area contributed by atoms with Gasteiger partial charge in [0, 0.05) is 0 Å². The molecule has 0 aliphatic heterocycles. The fourth-order valence-electron chi connectivity index (χ4n) is 2.35. The van der Waals surface area contributed by atoms with Crippen LogP contribution in [0.25, 0.3) is 0 Å². The van der Waals surface area contributed by atoms with E-state index in [1.165, 1.54) is 0 Å². The van der Waals surface area contributed by atoms with Gasteiger partial charge in [-0.1, -0.05) is 41.5 Å². The summed E-state index contributed by atoms with van der Waals surface area (Å²) < 4.78 is 5.31. The first kappa shape index (κ1) is 17.9. The van der Waals surface area contributed by atoms with Gasteiger partial charge in [0.25, 0.3) is 0 Å². The topological polar surface area (TPSA) is 63.6 Å². The van der Waals surface area contributed by atoms with Gasteiger partial charge in [-0.25, -0.2) is 0 Å². The molecule has 2 unspecified atom stereocenters. The Bertz CT molecular complexity index is 320. The molecule has 19 heavy (non-hydrogen) atoms. The molecule has 0 saturated carbocycles. The van der Waals surface area contributed by atoms with Crippen LogP contribution < -0.4 is 0 Å². The molecule has 0 saturated heterocycles. The van der Waals surface area contributed by atoms with Crippen LogP contribution in [0.2, 0.25) is 0 Å². The summed E-state index contributed by atoms with van der Waals surface area (Å²) >= 11 is 0. The van der Waals surface area contributed by atoms with E-state index in [1.54, 1.807) is 6.92 Å². The predicted molar refractivity (Wildman–Crippen MR) is 74.7 cm³/mol. The van der Waals surface area contributed by atoms with Crippen molar-refractivity contribution in [2.24, 2.45) is 29.1 Å². The molecule has 0 aliphatic rings. The third-order valence-electron chi connectivity index (χ3n) is 3.77. The van der Waals surface area contributed by atoms with E-state index in [1.807, 2.05) is 41.5 Å². The Morgan fingerprint density at radius 2 is 1.58 bits per heavy atom. The van der Waals surface area contributed by atoms with Crippen molar-refractivity contribution in [3.05, 3.63) is 0 Å². The van der Waals surface area contributed by atoms with Gasteiger partial charge in [-0.05, 0) is 24.7 Å². The van der Waals surface area contributed by atoms with E-state index >= 15 is 0 Å². The second-order valence-corrected chi connectivity index (χ2v) is 6.49. The zero-order valence-electron chi connectivity index (χ0n) is 13.2. The van der Waals surface area contributed by atoms with Gasteiger partial charge in [-0.2, -0.15) is 0 Å². The second-order valence-electron chi connectivity index (χ2n) is 6.49. The Hall–Kier alpha value is -1.06. The summed E-state index contributed by atoms with van der Waals surface area (Å²) in [5.74, 6) is -2.08. The van der Waals surface area contributed by atoms with Crippen molar-refractivity contribution in [2.75, 3.05) is 6.61 Å². The number of carbonyl (C=O) groups is 2. The van der Waals surface area contributed by atoms with Gasteiger partial charge in [0.2, 0.25) is 0 Å². The lowest BCUT2D eigenvalue weighted by Gasteiger charge is -2.38. The second kappa shape index (κ2) is 6.92. The van der Waals surface area contributed by atoms with E-state index in [0.29, 0.717) is 6.61 Å². The minimum atomic E-state index is -1.01. The van der Waals surface area contributed by atoms with Crippen molar-refractivity contribution in [3.63, 3.8) is 0 Å². The number of carbonyl (C=O) groups excluding carboxylic acids is 1. The Morgan fingerprint density at radius 3 is 1.84 bits per heavy atom. The zero-order chi connectivity index (χ0) is 15.4. The summed E-state index contributed by atoms with van der Waals surface area (Å²) in [4.78, 5) is 23.9. The van der Waals surface area contributed by atoms with E-state index < -0.39 is 23.3 Å². The monoisotopic (exact) mass is 272 g/mol. The minimum Gasteiger partial charge on any atom is -0.481 e. The van der Waals surface area contributed by atoms with Crippen molar-refractivity contribution in [1.82, 2.24) is 0 Å². The molecule has 0 aliphatic carbocycles. The molecule has 0 heterocycles. The fraction of sp³-hybridized carbons (Fsp3) is 0.867. The van der Waals surface area contributed by atoms with Gasteiger partial charge in [-0.3, -0.25) is 9.59 Å². The summed E-state index contributed by atoms with van der Waals surface area (Å²) in [5.41, 5.74) is -1.01. The number of aliphatic carboxylic acids is 1. The maximum absolute atomic E-state index is 12.4. The summed E-state index contributed by atoms with van der Waals surface area (Å²) in [5, 5.41) is 9.45. The third-order valence-corrected chi connectivity index (χ3v) is 3.77. The standard InChI is InChI=1S/C15H28O4/c1-9(2)8-19-14(18)15(7,11(5)6)12(10(3)4)13(16)17/h9-12H,8H2,1-7H3,(H,16,17). The normalized spacial score (nSPS) is 16.5. The summed E-state index contributed by atoms with van der Waals surface area (Å²) in [6, 6.07) is 0. The molecule has 0 aromatic rings. The molecule has 0 rings (SSSR count). The molecule has 112 valence electrons. The highest BCUT2D eigenvalue weighted by Gasteiger charge is 2.50. The number of rotatable bonds is 7. The van der Waals surface area contributed by atoms with Crippen LogP contribution in [-0.2, 0) is 14.3 Å². The van der Waals surface area contributed by atoms with E-state index in [9.17, 15) is 14.7 Å². The molecule has 0 aromatic carbocycles. The molecule has 2 atom stereocenters. The number of ether oxygens (including phenoxy) is 1. The number of carboxylic acids is 1. The first-order chi connectivity index (χ1) is 8.55. The van der Waals surface area contributed by atoms with Crippen molar-refractivity contribution < 1.29 is 19.4 Å². The van der Waals surface area contributed by atoms with Crippen molar-refractivity contribution in [3.8, 4) is 0 Å². The average Bonchev–Trinajstić information content (AvgIpc) is 2.23. The smallest absolute Gasteiger partial charge is 0.312 e. The Morgan fingerprint density at radius 1 is 1.11 bits per heavy atom. The molecular formula is C15H28O4. The highest BCUT2D eigenvalue weighted by molar-refractivity contribution is 5.84.